The summed E-state index contributed by atoms with van der Waals surface area (Å²) >= 11 is 1.81. The fourth-order valence-electron chi connectivity index (χ4n) is 2.38. The molecular weight excluding hydrogens is 264 g/mol. The first-order chi connectivity index (χ1) is 9.58. The van der Waals surface area contributed by atoms with E-state index in [9.17, 15) is 0 Å². The van der Waals surface area contributed by atoms with Gasteiger partial charge in [-0.1, -0.05) is 35.4 Å². The van der Waals surface area contributed by atoms with Gasteiger partial charge in [0.1, 0.15) is 0 Å². The van der Waals surface area contributed by atoms with Crippen molar-refractivity contribution in [2.45, 2.75) is 38.1 Å². The van der Waals surface area contributed by atoms with Crippen molar-refractivity contribution in [2.75, 3.05) is 7.05 Å². The van der Waals surface area contributed by atoms with E-state index >= 15 is 0 Å². The van der Waals surface area contributed by atoms with Crippen LogP contribution < -0.4 is 5.32 Å². The highest BCUT2D eigenvalue weighted by atomic mass is 32.2. The maximum absolute atomic E-state index is 4.58. The molecule has 0 saturated heterocycles. The molecular formula is C17H22N2S. The lowest BCUT2D eigenvalue weighted by Crippen LogP contribution is -2.05. The molecule has 2 nitrogen and oxygen atoms in total. The third kappa shape index (κ3) is 4.09. The zero-order valence-electron chi connectivity index (χ0n) is 12.7. The van der Waals surface area contributed by atoms with Gasteiger partial charge in [-0.05, 0) is 44.5 Å². The minimum atomic E-state index is 0.871. The normalized spacial score (nSPS) is 10.8. The number of benzene rings is 1. The average molecular weight is 286 g/mol. The number of rotatable bonds is 5. The second-order valence-corrected chi connectivity index (χ2v) is 6.24. The first-order valence-corrected chi connectivity index (χ1v) is 7.87. The zero-order valence-corrected chi connectivity index (χ0v) is 13.5. The number of aryl methyl sites for hydroxylation is 3. The smallest absolute Gasteiger partial charge is 0.0992 e. The van der Waals surface area contributed by atoms with E-state index in [1.54, 1.807) is 0 Å². The van der Waals surface area contributed by atoms with Crippen LogP contribution in [-0.4, -0.2) is 12.0 Å². The molecule has 0 bridgehead atoms. The van der Waals surface area contributed by atoms with Gasteiger partial charge in [0.15, 0.2) is 0 Å². The van der Waals surface area contributed by atoms with Crippen molar-refractivity contribution in [3.63, 3.8) is 0 Å². The van der Waals surface area contributed by atoms with E-state index in [1.165, 1.54) is 27.8 Å². The Morgan fingerprint density at radius 1 is 1.00 bits per heavy atom. The van der Waals surface area contributed by atoms with Gasteiger partial charge in [-0.2, -0.15) is 0 Å². The van der Waals surface area contributed by atoms with E-state index in [2.05, 4.69) is 55.3 Å². The molecule has 0 atom stereocenters. The van der Waals surface area contributed by atoms with Gasteiger partial charge in [0.05, 0.1) is 5.03 Å². The lowest BCUT2D eigenvalue weighted by atomic mass is 10.1. The maximum atomic E-state index is 4.58. The van der Waals surface area contributed by atoms with Crippen molar-refractivity contribution in [2.24, 2.45) is 0 Å². The summed E-state index contributed by atoms with van der Waals surface area (Å²) in [6.45, 7) is 7.31. The van der Waals surface area contributed by atoms with Crippen LogP contribution in [0.2, 0.25) is 0 Å². The Morgan fingerprint density at radius 3 is 2.30 bits per heavy atom. The lowest BCUT2D eigenvalue weighted by Gasteiger charge is -2.08. The van der Waals surface area contributed by atoms with E-state index in [0.29, 0.717) is 0 Å². The van der Waals surface area contributed by atoms with Crippen LogP contribution in [0.1, 0.15) is 27.8 Å². The first kappa shape index (κ1) is 15.1. The maximum Gasteiger partial charge on any atom is 0.0992 e. The second-order valence-electron chi connectivity index (χ2n) is 5.28. The van der Waals surface area contributed by atoms with Gasteiger partial charge in [0.2, 0.25) is 0 Å². The molecule has 0 radical (unpaired) electrons. The molecule has 0 aliphatic carbocycles. The molecule has 1 aromatic heterocycles. The van der Waals surface area contributed by atoms with Gasteiger partial charge >= 0.3 is 0 Å². The lowest BCUT2D eigenvalue weighted by molar-refractivity contribution is 0.806. The predicted octanol–water partition coefficient (Wildman–Crippen LogP) is 4.02. The van der Waals surface area contributed by atoms with Crippen LogP contribution in [-0.2, 0) is 12.3 Å². The van der Waals surface area contributed by atoms with Crippen molar-refractivity contribution in [1.82, 2.24) is 10.3 Å². The number of aromatic nitrogens is 1. The van der Waals surface area contributed by atoms with Crippen LogP contribution in [0.3, 0.4) is 0 Å². The Morgan fingerprint density at radius 2 is 1.70 bits per heavy atom. The van der Waals surface area contributed by atoms with Gasteiger partial charge < -0.3 is 5.32 Å². The summed E-state index contributed by atoms with van der Waals surface area (Å²) in [5.41, 5.74) is 6.52. The predicted molar refractivity (Wildman–Crippen MR) is 87.2 cm³/mol. The molecule has 1 heterocycles. The van der Waals surface area contributed by atoms with Crippen molar-refractivity contribution >= 4 is 11.8 Å². The number of nitrogens with zero attached hydrogens (tertiary/aromatic N) is 1. The average Bonchev–Trinajstić information content (AvgIpc) is 2.37. The molecule has 0 aliphatic rings. The first-order valence-electron chi connectivity index (χ1n) is 6.88. The van der Waals surface area contributed by atoms with Gasteiger partial charge in [0, 0.05) is 18.5 Å². The second kappa shape index (κ2) is 6.91. The largest absolute Gasteiger partial charge is 0.316 e. The summed E-state index contributed by atoms with van der Waals surface area (Å²) in [6.07, 6.45) is 1.97. The number of thioether (sulfide) groups is 1. The molecule has 0 spiro atoms. The molecule has 0 unspecified atom stereocenters. The van der Waals surface area contributed by atoms with Gasteiger partial charge in [-0.15, -0.1) is 11.8 Å². The summed E-state index contributed by atoms with van der Waals surface area (Å²) in [5, 5.41) is 4.28. The highest BCUT2D eigenvalue weighted by Gasteiger charge is 2.04. The highest BCUT2D eigenvalue weighted by Crippen LogP contribution is 2.25. The number of hydrogen-bond donors (Lipinski definition) is 1. The molecule has 2 aromatic rings. The minimum Gasteiger partial charge on any atom is -0.316 e. The molecule has 1 N–H and O–H groups in total. The Hall–Kier alpha value is -1.32. The molecule has 20 heavy (non-hydrogen) atoms. The van der Waals surface area contributed by atoms with Crippen molar-refractivity contribution in [3.05, 3.63) is 58.3 Å². The Labute approximate surface area is 126 Å². The standard InChI is InChI=1S/C17H22N2S/c1-12-5-13(2)7-15(6-12)11-20-17-14(3)8-16(9-18-4)10-19-17/h5-8,10,18H,9,11H2,1-4H3. The van der Waals surface area contributed by atoms with Crippen LogP contribution in [0.4, 0.5) is 0 Å². The summed E-state index contributed by atoms with van der Waals surface area (Å²) < 4.78 is 0. The zero-order chi connectivity index (χ0) is 14.5. The van der Waals surface area contributed by atoms with E-state index in [0.717, 1.165) is 17.3 Å². The van der Waals surface area contributed by atoms with Crippen LogP contribution in [0.5, 0.6) is 0 Å². The topological polar surface area (TPSA) is 24.9 Å². The molecule has 0 saturated carbocycles. The van der Waals surface area contributed by atoms with Crippen LogP contribution in [0, 0.1) is 20.8 Å². The van der Waals surface area contributed by atoms with Crippen molar-refractivity contribution in [3.8, 4) is 0 Å². The van der Waals surface area contributed by atoms with Gasteiger partial charge in [0.25, 0.3) is 0 Å². The van der Waals surface area contributed by atoms with E-state index in [-0.39, 0.29) is 0 Å². The van der Waals surface area contributed by atoms with Crippen molar-refractivity contribution in [1.29, 1.82) is 0 Å². The summed E-state index contributed by atoms with van der Waals surface area (Å²) in [7, 11) is 1.96. The minimum absolute atomic E-state index is 0.871. The molecule has 0 aliphatic heterocycles. The summed E-state index contributed by atoms with van der Waals surface area (Å²) in [4.78, 5) is 4.58. The summed E-state index contributed by atoms with van der Waals surface area (Å²) in [6, 6.07) is 8.94. The van der Waals surface area contributed by atoms with E-state index < -0.39 is 0 Å². The number of pyridine rings is 1. The third-order valence-electron chi connectivity index (χ3n) is 3.12. The summed E-state index contributed by atoms with van der Waals surface area (Å²) in [5.74, 6) is 0.974. The van der Waals surface area contributed by atoms with Gasteiger partial charge in [-0.3, -0.25) is 0 Å². The molecule has 0 fully saturated rings. The van der Waals surface area contributed by atoms with E-state index in [1.807, 2.05) is 25.0 Å². The SMILES string of the molecule is CNCc1cnc(SCc2cc(C)cc(C)c2)c(C)c1. The molecule has 3 heteroatoms. The quantitative estimate of drug-likeness (QED) is 0.840. The van der Waals surface area contributed by atoms with Crippen LogP contribution in [0.15, 0.2) is 35.5 Å². The molecule has 1 aromatic carbocycles. The molecule has 0 amide bonds. The molecule has 106 valence electrons. The highest BCUT2D eigenvalue weighted by molar-refractivity contribution is 7.98. The van der Waals surface area contributed by atoms with Crippen LogP contribution >= 0.6 is 11.8 Å². The van der Waals surface area contributed by atoms with E-state index in [4.69, 9.17) is 0 Å². The van der Waals surface area contributed by atoms with Crippen molar-refractivity contribution < 1.29 is 0 Å². The fraction of sp³-hybridized carbons (Fsp3) is 0.353. The van der Waals surface area contributed by atoms with Gasteiger partial charge in [-0.25, -0.2) is 4.98 Å². The third-order valence-corrected chi connectivity index (χ3v) is 4.30. The van der Waals surface area contributed by atoms with Crippen LogP contribution in [0.25, 0.3) is 0 Å². The monoisotopic (exact) mass is 286 g/mol. The Bertz CT molecular complexity index is 573. The molecule has 2 rings (SSSR count). The Kier molecular flexibility index (Phi) is 5.21. The number of nitrogens with one attached hydrogen (secondary N) is 1. The fourth-order valence-corrected chi connectivity index (χ4v) is 3.26. The Balaban J connectivity index is 2.06. The number of hydrogen-bond acceptors (Lipinski definition) is 3.